The van der Waals surface area contributed by atoms with Crippen LogP contribution in [0.2, 0.25) is 0 Å². The quantitative estimate of drug-likeness (QED) is 0.440. The first-order chi connectivity index (χ1) is 17.9. The fourth-order valence-electron chi connectivity index (χ4n) is 6.17. The summed E-state index contributed by atoms with van der Waals surface area (Å²) in [5, 5.41) is 22.5. The zero-order valence-electron chi connectivity index (χ0n) is 21.3. The van der Waals surface area contributed by atoms with Gasteiger partial charge in [-0.15, -0.1) is 0 Å². The SMILES string of the molecule is CC(C)C1CCC(n2cc(NC(O)c3cnn4ccc(N5C[C@H]6CC[C@@H](C5)O6)nc34)c(C(F)F)n2)CC1. The fraction of sp³-hybridized carbons (Fsp3) is 0.654. The molecule has 0 aromatic carbocycles. The number of rotatable bonds is 7. The van der Waals surface area contributed by atoms with Crippen molar-refractivity contribution >= 4 is 17.2 Å². The van der Waals surface area contributed by atoms with Gasteiger partial charge in [-0.05, 0) is 56.4 Å². The van der Waals surface area contributed by atoms with Crippen LogP contribution >= 0.6 is 0 Å². The second-order valence-corrected chi connectivity index (χ2v) is 11.1. The van der Waals surface area contributed by atoms with E-state index in [-0.39, 0.29) is 29.6 Å². The minimum atomic E-state index is -2.76. The summed E-state index contributed by atoms with van der Waals surface area (Å²) in [6, 6.07) is 1.99. The van der Waals surface area contributed by atoms with E-state index in [1.54, 1.807) is 21.6 Å². The number of morpholine rings is 1. The largest absolute Gasteiger partial charge is 0.371 e. The Hall–Kier alpha value is -2.79. The molecule has 3 fully saturated rings. The Kier molecular flexibility index (Phi) is 6.52. The maximum absolute atomic E-state index is 13.9. The number of nitrogens with zero attached hydrogens (tertiary/aromatic N) is 6. The van der Waals surface area contributed by atoms with Crippen LogP contribution < -0.4 is 10.2 Å². The van der Waals surface area contributed by atoms with Gasteiger partial charge in [0.15, 0.2) is 17.6 Å². The Morgan fingerprint density at radius 3 is 2.49 bits per heavy atom. The Morgan fingerprint density at radius 2 is 1.81 bits per heavy atom. The molecule has 0 radical (unpaired) electrons. The van der Waals surface area contributed by atoms with Gasteiger partial charge in [0.1, 0.15) is 5.82 Å². The summed E-state index contributed by atoms with van der Waals surface area (Å²) < 4.78 is 37.0. The lowest BCUT2D eigenvalue weighted by molar-refractivity contribution is 0.0302. The van der Waals surface area contributed by atoms with E-state index >= 15 is 0 Å². The van der Waals surface area contributed by atoms with Crippen LogP contribution in [0.25, 0.3) is 5.65 Å². The van der Waals surface area contributed by atoms with Crippen molar-refractivity contribution in [2.24, 2.45) is 11.8 Å². The molecule has 0 spiro atoms. The van der Waals surface area contributed by atoms with Crippen LogP contribution in [0.15, 0.2) is 24.7 Å². The van der Waals surface area contributed by atoms with Gasteiger partial charge >= 0.3 is 0 Å². The van der Waals surface area contributed by atoms with Gasteiger partial charge < -0.3 is 20.1 Å². The number of fused-ring (bicyclic) bond motifs is 3. The van der Waals surface area contributed by atoms with Crippen molar-refractivity contribution in [1.29, 1.82) is 0 Å². The second kappa shape index (κ2) is 9.83. The third kappa shape index (κ3) is 4.79. The maximum Gasteiger partial charge on any atom is 0.284 e. The number of aliphatic hydroxyl groups is 1. The minimum absolute atomic E-state index is 0.0882. The van der Waals surface area contributed by atoms with E-state index in [2.05, 4.69) is 34.3 Å². The van der Waals surface area contributed by atoms with Gasteiger partial charge in [0.05, 0.1) is 35.7 Å². The molecule has 2 N–H and O–H groups in total. The van der Waals surface area contributed by atoms with Crippen molar-refractivity contribution in [2.75, 3.05) is 23.3 Å². The van der Waals surface area contributed by atoms with Gasteiger partial charge in [0.2, 0.25) is 0 Å². The molecule has 200 valence electrons. The van der Waals surface area contributed by atoms with Crippen LogP contribution in [0.1, 0.15) is 82.3 Å². The summed E-state index contributed by atoms with van der Waals surface area (Å²) in [5.41, 5.74) is 0.686. The van der Waals surface area contributed by atoms with Crippen molar-refractivity contribution in [3.63, 3.8) is 0 Å². The molecule has 0 amide bonds. The highest BCUT2D eigenvalue weighted by Crippen LogP contribution is 2.38. The average molecular weight is 516 g/mol. The molecule has 3 aromatic heterocycles. The van der Waals surface area contributed by atoms with Gasteiger partial charge in [0, 0.05) is 25.5 Å². The lowest BCUT2D eigenvalue weighted by Gasteiger charge is -2.33. The first-order valence-corrected chi connectivity index (χ1v) is 13.4. The van der Waals surface area contributed by atoms with Crippen LogP contribution in [-0.4, -0.2) is 54.8 Å². The van der Waals surface area contributed by atoms with Gasteiger partial charge in [-0.3, -0.25) is 4.68 Å². The average Bonchev–Trinajstić information content (AvgIpc) is 3.60. The highest BCUT2D eigenvalue weighted by Gasteiger charge is 2.34. The highest BCUT2D eigenvalue weighted by atomic mass is 19.3. The Labute approximate surface area is 214 Å². The molecule has 37 heavy (non-hydrogen) atoms. The van der Waals surface area contributed by atoms with Gasteiger partial charge in [-0.25, -0.2) is 18.3 Å². The van der Waals surface area contributed by atoms with Crippen LogP contribution in [0.3, 0.4) is 0 Å². The molecule has 1 aliphatic carbocycles. The summed E-state index contributed by atoms with van der Waals surface area (Å²) in [6.07, 6.45) is 7.44. The lowest BCUT2D eigenvalue weighted by Crippen LogP contribution is -2.43. The molecule has 9 nitrogen and oxygen atoms in total. The number of anilines is 2. The molecule has 6 rings (SSSR count). The Balaban J connectivity index is 1.22. The first kappa shape index (κ1) is 24.5. The molecule has 1 saturated carbocycles. The number of aliphatic hydroxyl groups excluding tert-OH is 1. The third-order valence-electron chi connectivity index (χ3n) is 8.36. The Bertz CT molecular complexity index is 1220. The van der Waals surface area contributed by atoms with Gasteiger partial charge in [-0.2, -0.15) is 10.2 Å². The van der Waals surface area contributed by atoms with Crippen LogP contribution in [0.5, 0.6) is 0 Å². The molecule has 11 heteroatoms. The topological polar surface area (TPSA) is 92.7 Å². The summed E-state index contributed by atoms with van der Waals surface area (Å²) in [6.45, 7) is 6.03. The van der Waals surface area contributed by atoms with E-state index in [1.807, 2.05) is 6.07 Å². The van der Waals surface area contributed by atoms with Crippen molar-refractivity contribution in [3.05, 3.63) is 35.9 Å². The van der Waals surface area contributed by atoms with Crippen LogP contribution in [0, 0.1) is 11.8 Å². The monoisotopic (exact) mass is 515 g/mol. The molecule has 3 aliphatic rings. The molecule has 5 heterocycles. The summed E-state index contributed by atoms with van der Waals surface area (Å²) >= 11 is 0. The summed E-state index contributed by atoms with van der Waals surface area (Å²) in [4.78, 5) is 6.98. The number of aromatic nitrogens is 5. The molecule has 3 atom stereocenters. The molecular formula is C26H35F2N7O2. The molecule has 2 aliphatic heterocycles. The number of hydrogen-bond donors (Lipinski definition) is 2. The number of halogens is 2. The van der Waals surface area contributed by atoms with Crippen molar-refractivity contribution in [1.82, 2.24) is 24.4 Å². The van der Waals surface area contributed by atoms with Crippen molar-refractivity contribution < 1.29 is 18.6 Å². The zero-order valence-corrected chi connectivity index (χ0v) is 21.3. The minimum Gasteiger partial charge on any atom is -0.371 e. The summed E-state index contributed by atoms with van der Waals surface area (Å²) in [7, 11) is 0. The third-order valence-corrected chi connectivity index (χ3v) is 8.36. The number of nitrogens with one attached hydrogen (secondary N) is 1. The molecule has 3 aromatic rings. The van der Waals surface area contributed by atoms with Gasteiger partial charge in [-0.1, -0.05) is 13.8 Å². The number of ether oxygens (including phenoxy) is 1. The van der Waals surface area contributed by atoms with Crippen LogP contribution in [0.4, 0.5) is 20.3 Å². The van der Waals surface area contributed by atoms with Crippen LogP contribution in [-0.2, 0) is 4.74 Å². The van der Waals surface area contributed by atoms with E-state index in [4.69, 9.17) is 9.72 Å². The van der Waals surface area contributed by atoms with E-state index in [0.29, 0.717) is 23.0 Å². The predicted molar refractivity (Wildman–Crippen MR) is 135 cm³/mol. The molecule has 2 bridgehead atoms. The van der Waals surface area contributed by atoms with Gasteiger partial charge in [0.25, 0.3) is 6.43 Å². The van der Waals surface area contributed by atoms with Crippen molar-refractivity contribution in [3.8, 4) is 0 Å². The molecule has 1 unspecified atom stereocenters. The number of hydrogen-bond acceptors (Lipinski definition) is 7. The lowest BCUT2D eigenvalue weighted by atomic mass is 9.80. The normalized spacial score (nSPS) is 26.9. The summed E-state index contributed by atoms with van der Waals surface area (Å²) in [5.74, 6) is 2.09. The fourth-order valence-corrected chi connectivity index (χ4v) is 6.17. The Morgan fingerprint density at radius 1 is 1.08 bits per heavy atom. The van der Waals surface area contributed by atoms with E-state index in [9.17, 15) is 13.9 Å². The van der Waals surface area contributed by atoms with E-state index < -0.39 is 12.7 Å². The van der Waals surface area contributed by atoms with E-state index in [0.717, 1.165) is 57.4 Å². The standard InChI is InChI=1S/C26H35F2N7O2/c1-15(2)16-3-5-17(6-4-16)35-14-21(23(32-35)24(27)28)30-26(36)20-11-29-34-10-9-22(31-25(20)34)33-12-18-7-8-19(13-33)37-18/h9-11,14-19,24,26,30,36H,3-8,12-13H2,1-2H3/t16?,17?,18-,19+,26?. The smallest absolute Gasteiger partial charge is 0.284 e. The maximum atomic E-state index is 13.9. The zero-order chi connectivity index (χ0) is 25.7. The number of alkyl halides is 2. The highest BCUT2D eigenvalue weighted by molar-refractivity contribution is 5.57. The van der Waals surface area contributed by atoms with E-state index in [1.165, 1.54) is 6.20 Å². The molecular weight excluding hydrogens is 480 g/mol. The predicted octanol–water partition coefficient (Wildman–Crippen LogP) is 4.72. The second-order valence-electron chi connectivity index (χ2n) is 11.1. The molecule has 2 saturated heterocycles. The van der Waals surface area contributed by atoms with Crippen molar-refractivity contribution in [2.45, 2.75) is 83.3 Å². The first-order valence-electron chi connectivity index (χ1n) is 13.4.